The molecule has 1 N–H and O–H groups in total. The number of amides is 2. The van der Waals surface area contributed by atoms with Crippen molar-refractivity contribution in [2.75, 3.05) is 33.7 Å². The fraction of sp³-hybridized carbons (Fsp3) is 0.833. The molecule has 0 aromatic rings. The van der Waals surface area contributed by atoms with Gasteiger partial charge in [-0.2, -0.15) is 0 Å². The van der Waals surface area contributed by atoms with Crippen LogP contribution in [0.3, 0.4) is 0 Å². The first-order valence-corrected chi connectivity index (χ1v) is 6.28. The third-order valence-corrected chi connectivity index (χ3v) is 2.86. The van der Waals surface area contributed by atoms with Crippen LogP contribution < -0.4 is 5.32 Å². The lowest BCUT2D eigenvalue weighted by atomic mass is 10.2. The van der Waals surface area contributed by atoms with Crippen LogP contribution in [0.2, 0.25) is 0 Å². The van der Waals surface area contributed by atoms with Crippen LogP contribution in [-0.2, 0) is 9.59 Å². The highest BCUT2D eigenvalue weighted by Gasteiger charge is 2.37. The Morgan fingerprint density at radius 2 is 2.12 bits per heavy atom. The van der Waals surface area contributed by atoms with Crippen LogP contribution in [0, 0.1) is 0 Å². The monoisotopic (exact) mass is 241 g/mol. The Morgan fingerprint density at radius 1 is 1.41 bits per heavy atom. The van der Waals surface area contributed by atoms with Gasteiger partial charge in [0.25, 0.3) is 0 Å². The molecule has 0 aromatic heterocycles. The number of carbonyl (C=O) groups excluding carboxylic acids is 2. The third-order valence-electron chi connectivity index (χ3n) is 2.86. The number of hydrogen-bond donors (Lipinski definition) is 1. The van der Waals surface area contributed by atoms with Crippen molar-refractivity contribution in [3.05, 3.63) is 0 Å². The Morgan fingerprint density at radius 3 is 2.71 bits per heavy atom. The molecule has 1 rings (SSSR count). The van der Waals surface area contributed by atoms with Gasteiger partial charge in [-0.3, -0.25) is 14.5 Å². The smallest absolute Gasteiger partial charge is 0.246 e. The van der Waals surface area contributed by atoms with Gasteiger partial charge in [-0.25, -0.2) is 0 Å². The van der Waals surface area contributed by atoms with Crippen molar-refractivity contribution < 1.29 is 9.59 Å². The number of rotatable bonds is 7. The van der Waals surface area contributed by atoms with Crippen LogP contribution in [-0.4, -0.2) is 61.4 Å². The van der Waals surface area contributed by atoms with Gasteiger partial charge in [-0.1, -0.05) is 6.92 Å². The zero-order chi connectivity index (χ0) is 12.8. The van der Waals surface area contributed by atoms with Crippen LogP contribution in [0.4, 0.5) is 0 Å². The summed E-state index contributed by atoms with van der Waals surface area (Å²) in [5, 5.41) is 3.17. The second kappa shape index (κ2) is 6.71. The second-order valence-electron chi connectivity index (χ2n) is 4.75. The lowest BCUT2D eigenvalue weighted by molar-refractivity contribution is -0.138. The maximum atomic E-state index is 11.9. The van der Waals surface area contributed by atoms with Crippen molar-refractivity contribution in [3.63, 3.8) is 0 Å². The van der Waals surface area contributed by atoms with E-state index in [-0.39, 0.29) is 17.9 Å². The summed E-state index contributed by atoms with van der Waals surface area (Å²) in [4.78, 5) is 26.9. The van der Waals surface area contributed by atoms with Crippen LogP contribution >= 0.6 is 0 Å². The van der Waals surface area contributed by atoms with Crippen LogP contribution in [0.5, 0.6) is 0 Å². The van der Waals surface area contributed by atoms with Crippen molar-refractivity contribution in [1.29, 1.82) is 0 Å². The molecule has 0 aromatic carbocycles. The second-order valence-corrected chi connectivity index (χ2v) is 4.75. The average molecular weight is 241 g/mol. The molecule has 0 aliphatic carbocycles. The first kappa shape index (κ1) is 14.1. The molecule has 0 spiro atoms. The fourth-order valence-electron chi connectivity index (χ4n) is 1.97. The van der Waals surface area contributed by atoms with Crippen molar-refractivity contribution in [1.82, 2.24) is 15.1 Å². The fourth-order valence-corrected chi connectivity index (χ4v) is 1.97. The molecule has 0 saturated carbocycles. The van der Waals surface area contributed by atoms with Gasteiger partial charge in [-0.05, 0) is 40.0 Å². The molecule has 1 atom stereocenters. The van der Waals surface area contributed by atoms with Gasteiger partial charge in [0, 0.05) is 6.54 Å². The predicted molar refractivity (Wildman–Crippen MR) is 66.6 cm³/mol. The van der Waals surface area contributed by atoms with Gasteiger partial charge in [0.15, 0.2) is 0 Å². The van der Waals surface area contributed by atoms with E-state index < -0.39 is 0 Å². The van der Waals surface area contributed by atoms with E-state index >= 15 is 0 Å². The maximum absolute atomic E-state index is 11.9. The molecule has 1 fully saturated rings. The largest absolute Gasteiger partial charge is 0.309 e. The number of nitrogens with one attached hydrogen (secondary N) is 1. The Kier molecular flexibility index (Phi) is 5.58. The molecule has 2 amide bonds. The molecule has 98 valence electrons. The highest BCUT2D eigenvalue weighted by Crippen LogP contribution is 2.13. The molecule has 1 unspecified atom stereocenters. The van der Waals surface area contributed by atoms with E-state index in [0.717, 1.165) is 25.9 Å². The van der Waals surface area contributed by atoms with E-state index in [0.29, 0.717) is 13.0 Å². The first-order chi connectivity index (χ1) is 8.06. The molecule has 1 heterocycles. The molecule has 0 bridgehead atoms. The van der Waals surface area contributed by atoms with Gasteiger partial charge < -0.3 is 10.2 Å². The Labute approximate surface area is 103 Å². The first-order valence-electron chi connectivity index (χ1n) is 6.28. The molecular formula is C12H23N3O2. The SMILES string of the molecule is CCCN1C(=O)CC(NCCCN(C)C)C1=O. The molecule has 5 nitrogen and oxygen atoms in total. The molecule has 17 heavy (non-hydrogen) atoms. The topological polar surface area (TPSA) is 52.7 Å². The Bertz CT molecular complexity index is 279. The van der Waals surface area contributed by atoms with Crippen molar-refractivity contribution >= 4 is 11.8 Å². The molecule has 1 aliphatic heterocycles. The highest BCUT2D eigenvalue weighted by atomic mass is 16.2. The van der Waals surface area contributed by atoms with Gasteiger partial charge in [0.05, 0.1) is 12.5 Å². The lowest BCUT2D eigenvalue weighted by Crippen LogP contribution is -2.39. The van der Waals surface area contributed by atoms with E-state index in [4.69, 9.17) is 0 Å². The lowest BCUT2D eigenvalue weighted by Gasteiger charge is -2.15. The molecule has 1 aliphatic rings. The summed E-state index contributed by atoms with van der Waals surface area (Å²) in [6.45, 7) is 4.29. The van der Waals surface area contributed by atoms with E-state index in [9.17, 15) is 9.59 Å². The summed E-state index contributed by atoms with van der Waals surface area (Å²) in [6.07, 6.45) is 2.13. The summed E-state index contributed by atoms with van der Waals surface area (Å²) in [6, 6.07) is -0.295. The van der Waals surface area contributed by atoms with Crippen LogP contribution in [0.25, 0.3) is 0 Å². The molecule has 5 heteroatoms. The van der Waals surface area contributed by atoms with Crippen molar-refractivity contribution in [3.8, 4) is 0 Å². The molecule has 0 radical (unpaired) electrons. The Hall–Kier alpha value is -0.940. The maximum Gasteiger partial charge on any atom is 0.246 e. The number of nitrogens with zero attached hydrogens (tertiary/aromatic N) is 2. The minimum Gasteiger partial charge on any atom is -0.309 e. The number of likely N-dealkylation sites (tertiary alicyclic amines) is 1. The van der Waals surface area contributed by atoms with E-state index in [1.807, 2.05) is 21.0 Å². The van der Waals surface area contributed by atoms with Gasteiger partial charge in [0.1, 0.15) is 0 Å². The van der Waals surface area contributed by atoms with Crippen LogP contribution in [0.15, 0.2) is 0 Å². The van der Waals surface area contributed by atoms with E-state index in [2.05, 4.69) is 10.2 Å². The summed E-state index contributed by atoms with van der Waals surface area (Å²) >= 11 is 0. The van der Waals surface area contributed by atoms with Gasteiger partial charge >= 0.3 is 0 Å². The quantitative estimate of drug-likeness (QED) is 0.506. The van der Waals surface area contributed by atoms with E-state index in [1.54, 1.807) is 0 Å². The summed E-state index contributed by atoms with van der Waals surface area (Å²) in [7, 11) is 4.04. The van der Waals surface area contributed by atoms with Gasteiger partial charge in [0.2, 0.25) is 11.8 Å². The van der Waals surface area contributed by atoms with Crippen molar-refractivity contribution in [2.45, 2.75) is 32.2 Å². The minimum absolute atomic E-state index is 0.0399. The molecule has 1 saturated heterocycles. The summed E-state index contributed by atoms with van der Waals surface area (Å²) in [5.74, 6) is -0.0938. The normalized spacial score (nSPS) is 20.7. The van der Waals surface area contributed by atoms with E-state index in [1.165, 1.54) is 4.90 Å². The summed E-state index contributed by atoms with van der Waals surface area (Å²) in [5.41, 5.74) is 0. The van der Waals surface area contributed by atoms with Crippen molar-refractivity contribution in [2.24, 2.45) is 0 Å². The number of imide groups is 1. The zero-order valence-corrected chi connectivity index (χ0v) is 11.0. The highest BCUT2D eigenvalue weighted by molar-refractivity contribution is 6.05. The number of carbonyl (C=O) groups is 2. The Balaban J connectivity index is 2.31. The number of hydrogen-bond acceptors (Lipinski definition) is 4. The standard InChI is InChI=1S/C12H23N3O2/c1-4-7-15-11(16)9-10(12(15)17)13-6-5-8-14(2)3/h10,13H,4-9H2,1-3H3. The molecular weight excluding hydrogens is 218 g/mol. The van der Waals surface area contributed by atoms with Crippen LogP contribution in [0.1, 0.15) is 26.2 Å². The van der Waals surface area contributed by atoms with Gasteiger partial charge in [-0.15, -0.1) is 0 Å². The third kappa shape index (κ3) is 4.09. The summed E-state index contributed by atoms with van der Waals surface area (Å²) < 4.78 is 0. The minimum atomic E-state index is -0.295. The zero-order valence-electron chi connectivity index (χ0n) is 11.0. The average Bonchev–Trinajstić information content (AvgIpc) is 2.52. The predicted octanol–water partition coefficient (Wildman–Crippen LogP) is 0.0652.